The quantitative estimate of drug-likeness (QED) is 0.377. The number of hydrogen-bond acceptors (Lipinski definition) is 7. The van der Waals surface area contributed by atoms with Crippen LogP contribution in [0.15, 0.2) is 52.9 Å². The molecule has 3 N–H and O–H groups in total. The van der Waals surface area contributed by atoms with Crippen LogP contribution in [-0.2, 0) is 4.79 Å². The number of benzene rings is 2. The van der Waals surface area contributed by atoms with Gasteiger partial charge in [-0.1, -0.05) is 18.2 Å². The summed E-state index contributed by atoms with van der Waals surface area (Å²) >= 11 is 1.53. The summed E-state index contributed by atoms with van der Waals surface area (Å²) in [6.45, 7) is -0.612. The van der Waals surface area contributed by atoms with E-state index in [0.717, 1.165) is 15.6 Å². The zero-order valence-corrected chi connectivity index (χ0v) is 17.3. The summed E-state index contributed by atoms with van der Waals surface area (Å²) in [5, 5.41) is 19.0. The van der Waals surface area contributed by atoms with Crippen molar-refractivity contribution in [3.8, 4) is 11.5 Å². The van der Waals surface area contributed by atoms with Gasteiger partial charge in [-0.25, -0.2) is 5.43 Å². The lowest BCUT2D eigenvalue weighted by atomic mass is 10.1. The number of hydrogen-bond donors (Lipinski definition) is 3. The van der Waals surface area contributed by atoms with Crippen molar-refractivity contribution < 1.29 is 24.2 Å². The van der Waals surface area contributed by atoms with Gasteiger partial charge < -0.3 is 19.9 Å². The average molecular weight is 427 g/mol. The van der Waals surface area contributed by atoms with Crippen molar-refractivity contribution in [3.05, 3.63) is 59.0 Å². The second-order valence-electron chi connectivity index (χ2n) is 6.15. The topological polar surface area (TPSA) is 109 Å². The SMILES string of the molecule is COc1ccc(C(=O)NCC(=O)N/N=C(\CO)c2csc3ccccc23)cc1OC. The summed E-state index contributed by atoms with van der Waals surface area (Å²) in [4.78, 5) is 24.4. The molecular weight excluding hydrogens is 406 g/mol. The van der Waals surface area contributed by atoms with E-state index in [4.69, 9.17) is 9.47 Å². The Labute approximate surface area is 177 Å². The van der Waals surface area contributed by atoms with Crippen molar-refractivity contribution in [1.82, 2.24) is 10.7 Å². The van der Waals surface area contributed by atoms with E-state index in [1.807, 2.05) is 29.6 Å². The van der Waals surface area contributed by atoms with Crippen LogP contribution in [0.4, 0.5) is 0 Å². The van der Waals surface area contributed by atoms with Gasteiger partial charge in [0.2, 0.25) is 0 Å². The Hall–Kier alpha value is -3.43. The first-order valence-corrected chi connectivity index (χ1v) is 9.88. The van der Waals surface area contributed by atoms with Crippen LogP contribution in [-0.4, -0.2) is 50.0 Å². The van der Waals surface area contributed by atoms with Crippen LogP contribution in [0.25, 0.3) is 10.1 Å². The Morgan fingerprint density at radius 2 is 1.87 bits per heavy atom. The highest BCUT2D eigenvalue weighted by Gasteiger charge is 2.13. The largest absolute Gasteiger partial charge is 0.493 e. The summed E-state index contributed by atoms with van der Waals surface area (Å²) in [5.74, 6) is -0.0519. The number of aliphatic hydroxyl groups excluding tert-OH is 1. The summed E-state index contributed by atoms with van der Waals surface area (Å²) in [7, 11) is 2.97. The summed E-state index contributed by atoms with van der Waals surface area (Å²) in [6, 6.07) is 12.4. The molecule has 2 aromatic carbocycles. The lowest BCUT2D eigenvalue weighted by molar-refractivity contribution is -0.120. The van der Waals surface area contributed by atoms with Gasteiger partial charge >= 0.3 is 0 Å². The van der Waals surface area contributed by atoms with Gasteiger partial charge in [-0.05, 0) is 24.3 Å². The van der Waals surface area contributed by atoms with Gasteiger partial charge in [0.15, 0.2) is 11.5 Å². The maximum atomic E-state index is 12.3. The number of amides is 2. The second kappa shape index (κ2) is 9.86. The van der Waals surface area contributed by atoms with E-state index in [1.165, 1.54) is 31.6 Å². The fourth-order valence-electron chi connectivity index (χ4n) is 2.79. The number of hydrazone groups is 1. The number of ether oxygens (including phenoxy) is 2. The number of carbonyl (C=O) groups excluding carboxylic acids is 2. The van der Waals surface area contributed by atoms with Crippen LogP contribution < -0.4 is 20.2 Å². The van der Waals surface area contributed by atoms with Crippen molar-refractivity contribution >= 4 is 38.9 Å². The van der Waals surface area contributed by atoms with Crippen molar-refractivity contribution in [1.29, 1.82) is 0 Å². The predicted octanol–water partition coefficient (Wildman–Crippen LogP) is 2.16. The zero-order chi connectivity index (χ0) is 21.5. The first-order valence-electron chi connectivity index (χ1n) is 9.00. The van der Waals surface area contributed by atoms with Crippen LogP contribution in [0, 0.1) is 0 Å². The predicted molar refractivity (Wildman–Crippen MR) is 115 cm³/mol. The number of methoxy groups -OCH3 is 2. The highest BCUT2D eigenvalue weighted by atomic mass is 32.1. The van der Waals surface area contributed by atoms with Gasteiger partial charge in [-0.15, -0.1) is 11.3 Å². The number of aliphatic hydroxyl groups is 1. The molecule has 2 amide bonds. The smallest absolute Gasteiger partial charge is 0.259 e. The third kappa shape index (κ3) is 4.76. The monoisotopic (exact) mass is 427 g/mol. The molecule has 30 heavy (non-hydrogen) atoms. The van der Waals surface area contributed by atoms with Crippen LogP contribution in [0.5, 0.6) is 11.5 Å². The Balaban J connectivity index is 1.61. The van der Waals surface area contributed by atoms with E-state index in [2.05, 4.69) is 15.8 Å². The Morgan fingerprint density at radius 3 is 2.60 bits per heavy atom. The van der Waals surface area contributed by atoms with Crippen LogP contribution >= 0.6 is 11.3 Å². The molecule has 8 nitrogen and oxygen atoms in total. The number of fused-ring (bicyclic) bond motifs is 1. The molecule has 0 aliphatic heterocycles. The Morgan fingerprint density at radius 1 is 1.10 bits per heavy atom. The van der Waals surface area contributed by atoms with Crippen molar-refractivity contribution in [2.24, 2.45) is 5.10 Å². The minimum Gasteiger partial charge on any atom is -0.493 e. The molecule has 3 rings (SSSR count). The molecule has 0 aliphatic rings. The Bertz CT molecular complexity index is 1090. The van der Waals surface area contributed by atoms with E-state index < -0.39 is 11.8 Å². The van der Waals surface area contributed by atoms with E-state index in [9.17, 15) is 14.7 Å². The second-order valence-corrected chi connectivity index (χ2v) is 7.06. The van der Waals surface area contributed by atoms with Crippen LogP contribution in [0.3, 0.4) is 0 Å². The molecule has 0 saturated carbocycles. The number of rotatable bonds is 8. The zero-order valence-electron chi connectivity index (χ0n) is 16.5. The molecule has 1 heterocycles. The fourth-order valence-corrected chi connectivity index (χ4v) is 3.76. The van der Waals surface area contributed by atoms with E-state index in [0.29, 0.717) is 22.8 Å². The molecule has 0 bridgehead atoms. The Kier molecular flexibility index (Phi) is 6.99. The molecule has 0 radical (unpaired) electrons. The fraction of sp³-hybridized carbons (Fsp3) is 0.190. The molecule has 1 aromatic heterocycles. The molecular formula is C21H21N3O5S. The van der Waals surface area contributed by atoms with Gasteiger partial charge in [0.05, 0.1) is 33.1 Å². The molecule has 0 atom stereocenters. The number of nitrogens with zero attached hydrogens (tertiary/aromatic N) is 1. The minimum absolute atomic E-state index is 0.278. The van der Waals surface area contributed by atoms with Crippen molar-refractivity contribution in [3.63, 3.8) is 0 Å². The molecule has 156 valence electrons. The maximum Gasteiger partial charge on any atom is 0.259 e. The highest BCUT2D eigenvalue weighted by molar-refractivity contribution is 7.17. The third-order valence-electron chi connectivity index (χ3n) is 4.31. The van der Waals surface area contributed by atoms with E-state index >= 15 is 0 Å². The molecule has 0 spiro atoms. The van der Waals surface area contributed by atoms with Gasteiger partial charge in [0, 0.05) is 26.6 Å². The summed E-state index contributed by atoms with van der Waals surface area (Å²) < 4.78 is 11.4. The van der Waals surface area contributed by atoms with Crippen LogP contribution in [0.1, 0.15) is 15.9 Å². The minimum atomic E-state index is -0.519. The average Bonchev–Trinajstić information content (AvgIpc) is 3.21. The highest BCUT2D eigenvalue weighted by Crippen LogP contribution is 2.27. The van der Waals surface area contributed by atoms with Crippen molar-refractivity contribution in [2.45, 2.75) is 0 Å². The first-order chi connectivity index (χ1) is 14.6. The molecule has 0 fully saturated rings. The number of carbonyl (C=O) groups is 2. The number of nitrogens with one attached hydrogen (secondary N) is 2. The third-order valence-corrected chi connectivity index (χ3v) is 5.28. The van der Waals surface area contributed by atoms with E-state index in [1.54, 1.807) is 12.1 Å². The van der Waals surface area contributed by atoms with Crippen LogP contribution in [0.2, 0.25) is 0 Å². The molecule has 3 aromatic rings. The van der Waals surface area contributed by atoms with Gasteiger partial charge in [-0.3, -0.25) is 9.59 Å². The maximum absolute atomic E-state index is 12.3. The van der Waals surface area contributed by atoms with E-state index in [-0.39, 0.29) is 13.2 Å². The molecule has 9 heteroatoms. The lowest BCUT2D eigenvalue weighted by Gasteiger charge is -2.10. The normalized spacial score (nSPS) is 11.2. The molecule has 0 saturated heterocycles. The van der Waals surface area contributed by atoms with Gasteiger partial charge in [0.1, 0.15) is 0 Å². The summed E-state index contributed by atoms with van der Waals surface area (Å²) in [5.41, 5.74) is 3.79. The number of thiophene rings is 1. The van der Waals surface area contributed by atoms with Gasteiger partial charge in [0.25, 0.3) is 11.8 Å². The molecule has 0 aliphatic carbocycles. The standard InChI is InChI=1S/C21H21N3O5S/c1-28-17-8-7-13(9-18(17)29-2)21(27)22-10-20(26)24-23-16(11-25)15-12-30-19-6-4-3-5-14(15)19/h3-9,12,25H,10-11H2,1-2H3,(H,22,27)(H,24,26)/b23-16+. The lowest BCUT2D eigenvalue weighted by Crippen LogP contribution is -2.35. The van der Waals surface area contributed by atoms with Crippen molar-refractivity contribution in [2.75, 3.05) is 27.4 Å². The van der Waals surface area contributed by atoms with Gasteiger partial charge in [-0.2, -0.15) is 5.10 Å². The molecule has 0 unspecified atom stereocenters. The first kappa shape index (κ1) is 21.3. The summed E-state index contributed by atoms with van der Waals surface area (Å²) in [6.07, 6.45) is 0.